The van der Waals surface area contributed by atoms with Crippen LogP contribution in [0.25, 0.3) is 6.08 Å². The number of hydrogen-bond acceptors (Lipinski definition) is 7. The Kier molecular flexibility index (Phi) is 7.24. The predicted octanol–water partition coefficient (Wildman–Crippen LogP) is 6.08. The van der Waals surface area contributed by atoms with Crippen LogP contribution in [-0.4, -0.2) is 29.8 Å². The lowest BCUT2D eigenvalue weighted by Gasteiger charge is -2.08. The number of halogens is 1. The van der Waals surface area contributed by atoms with E-state index in [1.54, 1.807) is 30.5 Å². The number of carbonyl (C=O) groups is 2. The van der Waals surface area contributed by atoms with Crippen molar-refractivity contribution < 1.29 is 19.1 Å². The molecule has 0 unspecified atom stereocenters. The van der Waals surface area contributed by atoms with Crippen molar-refractivity contribution in [2.75, 3.05) is 6.61 Å². The molecule has 9 heteroatoms. The standard InChI is InChI=1S/C23H21ClN2O4S2/c1-14(26-22(28)21-9-7-18(12-27)31-21)2-6-17-11-25-23(32-17)30-20-8-5-16(10-19(20)24)29-13-15-3-4-15/h2,5-12,14-15H,3-4,13H2,1H3,(H,26,28)/b6-2+/t14-/m0/s1. The van der Waals surface area contributed by atoms with Gasteiger partial charge in [0.2, 0.25) is 0 Å². The number of amides is 1. The fourth-order valence-electron chi connectivity index (χ4n) is 2.74. The summed E-state index contributed by atoms with van der Waals surface area (Å²) in [6.45, 7) is 2.60. The molecular formula is C23H21ClN2O4S2. The fourth-order valence-corrected chi connectivity index (χ4v) is 4.37. The molecule has 2 aromatic heterocycles. The molecule has 1 aliphatic rings. The smallest absolute Gasteiger partial charge is 0.279 e. The number of hydrogen-bond donors (Lipinski definition) is 1. The molecule has 1 aliphatic carbocycles. The highest BCUT2D eigenvalue weighted by Gasteiger charge is 2.22. The van der Waals surface area contributed by atoms with E-state index in [-0.39, 0.29) is 11.9 Å². The van der Waals surface area contributed by atoms with E-state index in [2.05, 4.69) is 10.3 Å². The first kappa shape index (κ1) is 22.5. The topological polar surface area (TPSA) is 77.5 Å². The third-order valence-electron chi connectivity index (χ3n) is 4.66. The van der Waals surface area contributed by atoms with Crippen LogP contribution in [0.5, 0.6) is 16.7 Å². The Labute approximate surface area is 198 Å². The average Bonchev–Trinajstić information content (AvgIpc) is 3.29. The quantitative estimate of drug-likeness (QED) is 0.350. The molecule has 1 N–H and O–H groups in total. The van der Waals surface area contributed by atoms with Crippen LogP contribution in [0.15, 0.2) is 42.6 Å². The van der Waals surface area contributed by atoms with E-state index in [1.165, 1.54) is 24.2 Å². The van der Waals surface area contributed by atoms with Crippen LogP contribution < -0.4 is 14.8 Å². The van der Waals surface area contributed by atoms with Gasteiger partial charge in [0.15, 0.2) is 6.29 Å². The van der Waals surface area contributed by atoms with E-state index >= 15 is 0 Å². The second-order valence-corrected chi connectivity index (χ2v) is 9.97. The first-order valence-electron chi connectivity index (χ1n) is 10.1. The summed E-state index contributed by atoms with van der Waals surface area (Å²) in [6, 6.07) is 8.45. The van der Waals surface area contributed by atoms with Crippen molar-refractivity contribution in [1.29, 1.82) is 0 Å². The molecule has 0 radical (unpaired) electrons. The fraction of sp³-hybridized carbons (Fsp3) is 0.261. The third-order valence-corrected chi connectivity index (χ3v) is 6.81. The Bertz CT molecular complexity index is 1140. The highest BCUT2D eigenvalue weighted by atomic mass is 35.5. The van der Waals surface area contributed by atoms with Gasteiger partial charge in [0.25, 0.3) is 11.1 Å². The molecule has 2 heterocycles. The highest BCUT2D eigenvalue weighted by molar-refractivity contribution is 7.15. The van der Waals surface area contributed by atoms with Crippen LogP contribution in [0.2, 0.25) is 5.02 Å². The van der Waals surface area contributed by atoms with Crippen molar-refractivity contribution in [2.45, 2.75) is 25.8 Å². The molecule has 1 atom stereocenters. The van der Waals surface area contributed by atoms with Gasteiger partial charge >= 0.3 is 0 Å². The van der Waals surface area contributed by atoms with Gasteiger partial charge in [-0.05, 0) is 56.0 Å². The van der Waals surface area contributed by atoms with Gasteiger partial charge in [-0.25, -0.2) is 4.98 Å². The van der Waals surface area contributed by atoms with E-state index < -0.39 is 0 Å². The van der Waals surface area contributed by atoms with E-state index in [4.69, 9.17) is 21.1 Å². The predicted molar refractivity (Wildman–Crippen MR) is 128 cm³/mol. The molecule has 1 saturated carbocycles. The number of rotatable bonds is 10. The van der Waals surface area contributed by atoms with Gasteiger partial charge < -0.3 is 14.8 Å². The largest absolute Gasteiger partial charge is 0.493 e. The lowest BCUT2D eigenvalue weighted by molar-refractivity contribution is 0.0951. The maximum absolute atomic E-state index is 12.2. The summed E-state index contributed by atoms with van der Waals surface area (Å²) >= 11 is 8.86. The number of thiophene rings is 1. The highest BCUT2D eigenvalue weighted by Crippen LogP contribution is 2.35. The van der Waals surface area contributed by atoms with Gasteiger partial charge in [0.1, 0.15) is 11.5 Å². The maximum Gasteiger partial charge on any atom is 0.279 e. The molecular weight excluding hydrogens is 468 g/mol. The van der Waals surface area contributed by atoms with Crippen molar-refractivity contribution >= 4 is 52.5 Å². The van der Waals surface area contributed by atoms with Crippen LogP contribution in [-0.2, 0) is 0 Å². The van der Waals surface area contributed by atoms with Gasteiger partial charge in [-0.3, -0.25) is 9.59 Å². The summed E-state index contributed by atoms with van der Waals surface area (Å²) < 4.78 is 11.5. The monoisotopic (exact) mass is 488 g/mol. The minimum absolute atomic E-state index is 0.201. The number of benzene rings is 1. The second-order valence-electron chi connectivity index (χ2n) is 7.42. The molecule has 4 rings (SSSR count). The number of nitrogens with one attached hydrogen (secondary N) is 1. The molecule has 166 valence electrons. The Morgan fingerprint density at radius 3 is 2.84 bits per heavy atom. The molecule has 6 nitrogen and oxygen atoms in total. The molecule has 0 bridgehead atoms. The Morgan fingerprint density at radius 2 is 2.12 bits per heavy atom. The average molecular weight is 489 g/mol. The minimum atomic E-state index is -0.215. The zero-order chi connectivity index (χ0) is 22.5. The van der Waals surface area contributed by atoms with Crippen molar-refractivity contribution in [3.63, 3.8) is 0 Å². The Morgan fingerprint density at radius 1 is 1.28 bits per heavy atom. The van der Waals surface area contributed by atoms with Crippen molar-refractivity contribution in [1.82, 2.24) is 10.3 Å². The molecule has 32 heavy (non-hydrogen) atoms. The van der Waals surface area contributed by atoms with Gasteiger partial charge in [-0.15, -0.1) is 11.3 Å². The van der Waals surface area contributed by atoms with E-state index in [0.717, 1.165) is 34.9 Å². The van der Waals surface area contributed by atoms with Gasteiger partial charge in [0, 0.05) is 18.3 Å². The van der Waals surface area contributed by atoms with Gasteiger partial charge in [-0.1, -0.05) is 29.0 Å². The van der Waals surface area contributed by atoms with Crippen LogP contribution in [0.4, 0.5) is 0 Å². The molecule has 3 aromatic rings. The number of carbonyl (C=O) groups excluding carboxylic acids is 2. The first-order chi connectivity index (χ1) is 15.5. The minimum Gasteiger partial charge on any atom is -0.493 e. The summed E-state index contributed by atoms with van der Waals surface area (Å²) in [6.07, 6.45) is 8.63. The molecule has 0 spiro atoms. The number of ether oxygens (including phenoxy) is 2. The van der Waals surface area contributed by atoms with E-state index in [1.807, 2.05) is 25.1 Å². The number of aromatic nitrogens is 1. The van der Waals surface area contributed by atoms with E-state index in [0.29, 0.717) is 31.6 Å². The summed E-state index contributed by atoms with van der Waals surface area (Å²) in [5.41, 5.74) is 0. The SMILES string of the molecule is C[C@@H](/C=C/c1cnc(Oc2ccc(OCC3CC3)cc2Cl)s1)NC(=O)c1ccc(C=O)s1. The zero-order valence-electron chi connectivity index (χ0n) is 17.2. The Balaban J connectivity index is 1.30. The van der Waals surface area contributed by atoms with Crippen LogP contribution >= 0.6 is 34.3 Å². The summed E-state index contributed by atoms with van der Waals surface area (Å²) in [5, 5.41) is 3.81. The number of nitrogens with zero attached hydrogens (tertiary/aromatic N) is 1. The Hall–Kier alpha value is -2.68. The van der Waals surface area contributed by atoms with Crippen LogP contribution in [0, 0.1) is 5.92 Å². The third kappa shape index (κ3) is 6.18. The van der Waals surface area contributed by atoms with Crippen molar-refractivity contribution in [3.05, 3.63) is 62.3 Å². The summed E-state index contributed by atoms with van der Waals surface area (Å²) in [5.74, 6) is 1.71. The summed E-state index contributed by atoms with van der Waals surface area (Å²) in [7, 11) is 0. The van der Waals surface area contributed by atoms with Crippen molar-refractivity contribution in [3.8, 4) is 16.7 Å². The lowest BCUT2D eigenvalue weighted by atomic mass is 10.3. The zero-order valence-corrected chi connectivity index (χ0v) is 19.6. The first-order valence-corrected chi connectivity index (χ1v) is 12.1. The molecule has 0 saturated heterocycles. The second kappa shape index (κ2) is 10.3. The van der Waals surface area contributed by atoms with Gasteiger partial charge in [-0.2, -0.15) is 0 Å². The normalized spacial score (nSPS) is 14.3. The molecule has 1 aromatic carbocycles. The van der Waals surface area contributed by atoms with Crippen LogP contribution in [0.1, 0.15) is 44.0 Å². The molecule has 0 aliphatic heterocycles. The number of aldehydes is 1. The summed E-state index contributed by atoms with van der Waals surface area (Å²) in [4.78, 5) is 29.2. The lowest BCUT2D eigenvalue weighted by Crippen LogP contribution is -2.30. The number of thiazole rings is 1. The van der Waals surface area contributed by atoms with Crippen molar-refractivity contribution in [2.24, 2.45) is 5.92 Å². The van der Waals surface area contributed by atoms with Crippen LogP contribution in [0.3, 0.4) is 0 Å². The van der Waals surface area contributed by atoms with E-state index in [9.17, 15) is 9.59 Å². The molecule has 1 fully saturated rings. The molecule has 1 amide bonds. The maximum atomic E-state index is 12.2. The van der Waals surface area contributed by atoms with Gasteiger partial charge in [0.05, 0.1) is 26.3 Å².